The molecular weight excluding hydrogens is 402 g/mol. The van der Waals surface area contributed by atoms with Crippen molar-refractivity contribution < 1.29 is 17.9 Å². The van der Waals surface area contributed by atoms with Crippen LogP contribution in [0, 0.1) is 5.92 Å². The largest absolute Gasteiger partial charge is 0.494 e. The zero-order valence-electron chi connectivity index (χ0n) is 17.2. The van der Waals surface area contributed by atoms with Crippen LogP contribution >= 0.6 is 0 Å². The quantitative estimate of drug-likeness (QED) is 0.645. The first-order valence-corrected chi connectivity index (χ1v) is 11.6. The van der Waals surface area contributed by atoms with Gasteiger partial charge >= 0.3 is 0 Å². The van der Waals surface area contributed by atoms with Gasteiger partial charge in [-0.05, 0) is 87.1 Å². The van der Waals surface area contributed by atoms with Gasteiger partial charge in [-0.25, -0.2) is 13.8 Å². The predicted octanol–water partition coefficient (Wildman–Crippen LogP) is 4.18. The molecule has 2 N–H and O–H groups in total. The molecule has 0 bridgehead atoms. The molecular formula is C22H27N3O4S. The summed E-state index contributed by atoms with van der Waals surface area (Å²) < 4.78 is 32.9. The third-order valence-electron chi connectivity index (χ3n) is 4.91. The maximum absolute atomic E-state index is 12.5. The molecule has 0 saturated heterocycles. The Hall–Kier alpha value is -2.87. The first kappa shape index (κ1) is 21.8. The maximum atomic E-state index is 12.5. The van der Waals surface area contributed by atoms with E-state index >= 15 is 0 Å². The van der Waals surface area contributed by atoms with Crippen molar-refractivity contribution >= 4 is 27.3 Å². The summed E-state index contributed by atoms with van der Waals surface area (Å²) in [7, 11) is -3.74. The number of anilines is 1. The lowest BCUT2D eigenvalue weighted by molar-refractivity contribution is 0.0954. The van der Waals surface area contributed by atoms with Crippen LogP contribution in [0.1, 0.15) is 49.9 Å². The number of nitrogens with zero attached hydrogens (tertiary/aromatic N) is 1. The maximum Gasteiger partial charge on any atom is 0.271 e. The summed E-state index contributed by atoms with van der Waals surface area (Å²) in [6, 6.07) is 12.4. The second-order valence-electron chi connectivity index (χ2n) is 7.41. The van der Waals surface area contributed by atoms with Crippen LogP contribution < -0.4 is 14.9 Å². The van der Waals surface area contributed by atoms with Crippen LogP contribution in [-0.4, -0.2) is 26.6 Å². The fourth-order valence-electron chi connectivity index (χ4n) is 3.34. The zero-order valence-corrected chi connectivity index (χ0v) is 18.0. The number of sulfonamides is 1. The fraction of sp³-hybridized carbons (Fsp3) is 0.364. The second-order valence-corrected chi connectivity index (χ2v) is 9.09. The summed E-state index contributed by atoms with van der Waals surface area (Å²) in [5, 5.41) is 4.25. The number of nitrogens with one attached hydrogen (secondary N) is 2. The highest BCUT2D eigenvalue weighted by Gasteiger charge is 2.16. The molecule has 1 atom stereocenters. The molecule has 0 radical (unpaired) electrons. The van der Waals surface area contributed by atoms with Gasteiger partial charge in [-0.3, -0.25) is 9.52 Å². The molecule has 8 heteroatoms. The van der Waals surface area contributed by atoms with E-state index in [1.807, 2.05) is 6.92 Å². The molecule has 160 valence electrons. The summed E-state index contributed by atoms with van der Waals surface area (Å²) >= 11 is 0. The first-order chi connectivity index (χ1) is 14.4. The number of carbonyl (C=O) groups excluding carboxylic acids is 1. The molecule has 1 aliphatic carbocycles. The molecule has 0 aliphatic heterocycles. The number of ether oxygens (including phenoxy) is 1. The number of amides is 1. The van der Waals surface area contributed by atoms with Crippen LogP contribution in [0.3, 0.4) is 0 Å². The van der Waals surface area contributed by atoms with Gasteiger partial charge in [0.15, 0.2) is 0 Å². The van der Waals surface area contributed by atoms with Crippen molar-refractivity contribution in [3.05, 3.63) is 54.1 Å². The molecule has 1 aliphatic rings. The van der Waals surface area contributed by atoms with Gasteiger partial charge in [0.25, 0.3) is 15.9 Å². The lowest BCUT2D eigenvalue weighted by atomic mass is 9.89. The average molecular weight is 430 g/mol. The molecule has 1 fully saturated rings. The van der Waals surface area contributed by atoms with E-state index in [-0.39, 0.29) is 10.8 Å². The predicted molar refractivity (Wildman–Crippen MR) is 117 cm³/mol. The fourth-order valence-corrected chi connectivity index (χ4v) is 4.40. The van der Waals surface area contributed by atoms with Crippen LogP contribution in [0.2, 0.25) is 0 Å². The summed E-state index contributed by atoms with van der Waals surface area (Å²) in [5.74, 6) is 0.886. The van der Waals surface area contributed by atoms with Gasteiger partial charge in [0.2, 0.25) is 0 Å². The van der Waals surface area contributed by atoms with Crippen molar-refractivity contribution in [3.63, 3.8) is 0 Å². The number of hydrazone groups is 1. The Morgan fingerprint density at radius 1 is 1.13 bits per heavy atom. The minimum Gasteiger partial charge on any atom is -0.494 e. The Morgan fingerprint density at radius 2 is 1.83 bits per heavy atom. The molecule has 0 heterocycles. The van der Waals surface area contributed by atoms with Crippen molar-refractivity contribution in [2.24, 2.45) is 11.0 Å². The third kappa shape index (κ3) is 5.82. The van der Waals surface area contributed by atoms with Gasteiger partial charge in [-0.15, -0.1) is 0 Å². The molecule has 0 aromatic heterocycles. The Balaban J connectivity index is 1.62. The van der Waals surface area contributed by atoms with E-state index in [1.54, 1.807) is 36.4 Å². The number of benzene rings is 2. The van der Waals surface area contributed by atoms with Gasteiger partial charge in [-0.2, -0.15) is 5.10 Å². The zero-order chi connectivity index (χ0) is 21.6. The Labute approximate surface area is 177 Å². The SMILES string of the molecule is CCOc1ccc(S(=O)(=O)Nc2ccc(C(=O)NN=C3CCCC(C)C3)cc2)cc1. The highest BCUT2D eigenvalue weighted by atomic mass is 32.2. The standard InChI is InChI=1S/C22H27N3O4S/c1-3-29-20-11-13-21(14-12-20)30(27,28)25-18-9-7-17(8-10-18)22(26)24-23-19-6-4-5-16(2)15-19/h7-14,16,25H,3-6,15H2,1-2H3,(H,24,26). The number of carbonyl (C=O) groups is 1. The summed E-state index contributed by atoms with van der Waals surface area (Å²) in [6.07, 6.45) is 4.11. The van der Waals surface area contributed by atoms with Crippen LogP contribution in [0.15, 0.2) is 58.5 Å². The minimum atomic E-state index is -3.74. The van der Waals surface area contributed by atoms with Crippen LogP contribution in [0.25, 0.3) is 0 Å². The van der Waals surface area contributed by atoms with Gasteiger partial charge in [0, 0.05) is 17.0 Å². The molecule has 1 unspecified atom stereocenters. The highest BCUT2D eigenvalue weighted by molar-refractivity contribution is 7.92. The summed E-state index contributed by atoms with van der Waals surface area (Å²) in [5.41, 5.74) is 4.39. The third-order valence-corrected chi connectivity index (χ3v) is 6.30. The molecule has 1 saturated carbocycles. The van der Waals surface area contributed by atoms with Crippen LogP contribution in [-0.2, 0) is 10.0 Å². The summed E-state index contributed by atoms with van der Waals surface area (Å²) in [4.78, 5) is 12.4. The van der Waals surface area contributed by atoms with E-state index < -0.39 is 10.0 Å². The van der Waals surface area contributed by atoms with E-state index in [1.165, 1.54) is 18.6 Å². The van der Waals surface area contributed by atoms with Gasteiger partial charge in [0.05, 0.1) is 11.5 Å². The van der Waals surface area contributed by atoms with Crippen molar-refractivity contribution in [2.75, 3.05) is 11.3 Å². The second kappa shape index (κ2) is 9.75. The van der Waals surface area contributed by atoms with E-state index in [4.69, 9.17) is 4.74 Å². The molecule has 3 rings (SSSR count). The molecule has 30 heavy (non-hydrogen) atoms. The molecule has 0 spiro atoms. The monoisotopic (exact) mass is 429 g/mol. The number of hydrogen-bond acceptors (Lipinski definition) is 5. The normalized spacial score (nSPS) is 18.1. The van der Waals surface area contributed by atoms with Crippen molar-refractivity contribution in [1.29, 1.82) is 0 Å². The van der Waals surface area contributed by atoms with E-state index in [0.717, 1.165) is 25.0 Å². The highest BCUT2D eigenvalue weighted by Crippen LogP contribution is 2.21. The molecule has 2 aromatic carbocycles. The number of hydrogen-bond donors (Lipinski definition) is 2. The smallest absolute Gasteiger partial charge is 0.271 e. The Kier molecular flexibility index (Phi) is 7.10. The lowest BCUT2D eigenvalue weighted by Gasteiger charge is -2.18. The van der Waals surface area contributed by atoms with Gasteiger partial charge in [-0.1, -0.05) is 6.92 Å². The van der Waals surface area contributed by atoms with E-state index in [9.17, 15) is 13.2 Å². The van der Waals surface area contributed by atoms with E-state index in [2.05, 4.69) is 22.2 Å². The summed E-state index contributed by atoms with van der Waals surface area (Å²) in [6.45, 7) is 4.55. The first-order valence-electron chi connectivity index (χ1n) is 10.1. The Bertz CT molecular complexity index is 1000. The average Bonchev–Trinajstić information content (AvgIpc) is 2.73. The molecule has 2 aromatic rings. The van der Waals surface area contributed by atoms with Gasteiger partial charge < -0.3 is 4.74 Å². The van der Waals surface area contributed by atoms with Gasteiger partial charge in [0.1, 0.15) is 5.75 Å². The van der Waals surface area contributed by atoms with E-state index in [0.29, 0.717) is 29.5 Å². The molecule has 1 amide bonds. The van der Waals surface area contributed by atoms with Crippen LogP contribution in [0.5, 0.6) is 5.75 Å². The van der Waals surface area contributed by atoms with Crippen molar-refractivity contribution in [3.8, 4) is 5.75 Å². The molecule has 7 nitrogen and oxygen atoms in total. The van der Waals surface area contributed by atoms with Crippen molar-refractivity contribution in [1.82, 2.24) is 5.43 Å². The Morgan fingerprint density at radius 3 is 2.47 bits per heavy atom. The minimum absolute atomic E-state index is 0.130. The van der Waals surface area contributed by atoms with Crippen molar-refractivity contribution in [2.45, 2.75) is 44.4 Å². The number of rotatable bonds is 7. The topological polar surface area (TPSA) is 96.9 Å². The lowest BCUT2D eigenvalue weighted by Crippen LogP contribution is -2.22. The van der Waals surface area contributed by atoms with Crippen LogP contribution in [0.4, 0.5) is 5.69 Å².